The highest BCUT2D eigenvalue weighted by atomic mass is 79.9. The third kappa shape index (κ3) is 3.55. The quantitative estimate of drug-likeness (QED) is 0.487. The molecule has 0 amide bonds. The van der Waals surface area contributed by atoms with Gasteiger partial charge in [-0.1, -0.05) is 12.1 Å². The van der Waals surface area contributed by atoms with E-state index in [0.717, 1.165) is 39.4 Å². The first kappa shape index (κ1) is 16.6. The van der Waals surface area contributed by atoms with E-state index >= 15 is 0 Å². The summed E-state index contributed by atoms with van der Waals surface area (Å²) in [5.74, 6) is 1.68. The number of methoxy groups -OCH3 is 1. The van der Waals surface area contributed by atoms with Crippen molar-refractivity contribution < 1.29 is 4.74 Å². The summed E-state index contributed by atoms with van der Waals surface area (Å²) in [6.45, 7) is 0.735. The van der Waals surface area contributed by atoms with Crippen LogP contribution in [0.2, 0.25) is 0 Å². The smallest absolute Gasteiger partial charge is 0.178 e. The van der Waals surface area contributed by atoms with Crippen molar-refractivity contribution in [1.29, 1.82) is 0 Å². The lowest BCUT2D eigenvalue weighted by Gasteiger charge is -2.08. The first-order valence-corrected chi connectivity index (χ1v) is 8.99. The van der Waals surface area contributed by atoms with Crippen LogP contribution in [-0.4, -0.2) is 22.1 Å². The van der Waals surface area contributed by atoms with Crippen LogP contribution >= 0.6 is 15.9 Å². The zero-order valence-electron chi connectivity index (χ0n) is 14.2. The number of imidazole rings is 1. The summed E-state index contributed by atoms with van der Waals surface area (Å²) in [6.07, 6.45) is 1.75. The highest BCUT2D eigenvalue weighted by Gasteiger charge is 2.07. The minimum absolute atomic E-state index is 0.712. The number of aromatic amines is 1. The highest BCUT2D eigenvalue weighted by Crippen LogP contribution is 2.23. The summed E-state index contributed by atoms with van der Waals surface area (Å²) >= 11 is 3.43. The lowest BCUT2D eigenvalue weighted by atomic mass is 10.2. The van der Waals surface area contributed by atoms with Crippen molar-refractivity contribution in [1.82, 2.24) is 15.0 Å². The van der Waals surface area contributed by atoms with Crippen LogP contribution in [-0.2, 0) is 6.54 Å². The number of hydrogen-bond acceptors (Lipinski definition) is 4. The van der Waals surface area contributed by atoms with Gasteiger partial charge in [-0.3, -0.25) is 0 Å². The van der Waals surface area contributed by atoms with Crippen LogP contribution < -0.4 is 10.1 Å². The molecule has 26 heavy (non-hydrogen) atoms. The molecule has 0 bridgehead atoms. The van der Waals surface area contributed by atoms with E-state index in [0.29, 0.717) is 5.65 Å². The summed E-state index contributed by atoms with van der Waals surface area (Å²) in [5.41, 5.74) is 4.86. The topological polar surface area (TPSA) is 62.8 Å². The van der Waals surface area contributed by atoms with E-state index in [1.165, 1.54) is 5.56 Å². The average molecular weight is 409 g/mol. The number of aromatic nitrogens is 3. The molecule has 2 N–H and O–H groups in total. The van der Waals surface area contributed by atoms with Crippen LogP contribution in [0, 0.1) is 0 Å². The zero-order chi connectivity index (χ0) is 17.9. The minimum Gasteiger partial charge on any atom is -0.497 e. The zero-order valence-corrected chi connectivity index (χ0v) is 15.7. The Morgan fingerprint density at radius 3 is 2.77 bits per heavy atom. The number of fused-ring (bicyclic) bond motifs is 1. The molecule has 2 aromatic carbocycles. The molecule has 0 spiro atoms. The van der Waals surface area contributed by atoms with Crippen LogP contribution in [0.3, 0.4) is 0 Å². The molecular weight excluding hydrogens is 392 g/mol. The normalized spacial score (nSPS) is 10.8. The largest absolute Gasteiger partial charge is 0.497 e. The van der Waals surface area contributed by atoms with E-state index in [-0.39, 0.29) is 0 Å². The van der Waals surface area contributed by atoms with Crippen molar-refractivity contribution in [3.63, 3.8) is 0 Å². The molecule has 0 aliphatic rings. The van der Waals surface area contributed by atoms with Gasteiger partial charge < -0.3 is 15.0 Å². The van der Waals surface area contributed by atoms with Crippen molar-refractivity contribution in [2.24, 2.45) is 0 Å². The molecule has 0 aliphatic carbocycles. The van der Waals surface area contributed by atoms with Gasteiger partial charge in [0.25, 0.3) is 0 Å². The molecule has 6 heteroatoms. The number of nitrogens with one attached hydrogen (secondary N) is 2. The summed E-state index contributed by atoms with van der Waals surface area (Å²) < 4.78 is 6.19. The van der Waals surface area contributed by atoms with E-state index < -0.39 is 0 Å². The van der Waals surface area contributed by atoms with Crippen LogP contribution in [0.15, 0.2) is 65.3 Å². The molecule has 130 valence electrons. The van der Waals surface area contributed by atoms with Gasteiger partial charge in [0.05, 0.1) is 12.6 Å². The van der Waals surface area contributed by atoms with Gasteiger partial charge in [-0.15, -0.1) is 0 Å². The summed E-state index contributed by atoms with van der Waals surface area (Å²) in [5, 5.41) is 3.42. The Kier molecular flexibility index (Phi) is 4.58. The first-order chi connectivity index (χ1) is 12.7. The SMILES string of the molecule is COc1cccc(CNc2ccc(-c3nc4ncc(Br)cc4[nH]3)cc2)c1. The fourth-order valence-electron chi connectivity index (χ4n) is 2.74. The standard InChI is InChI=1S/C20H17BrN4O/c1-26-17-4-2-3-13(9-17)11-22-16-7-5-14(6-8-16)19-24-18-10-15(21)12-23-20(18)25-19/h2-10,12,22H,11H2,1H3,(H,23,24,25). The number of hydrogen-bond donors (Lipinski definition) is 2. The molecule has 0 saturated carbocycles. The number of benzene rings is 2. The second-order valence-electron chi connectivity index (χ2n) is 5.89. The summed E-state index contributed by atoms with van der Waals surface area (Å²) in [6, 6.07) is 18.2. The average Bonchev–Trinajstić information content (AvgIpc) is 3.10. The van der Waals surface area contributed by atoms with Gasteiger partial charge in [-0.05, 0) is 64.0 Å². The predicted molar refractivity (Wildman–Crippen MR) is 107 cm³/mol. The molecule has 0 fully saturated rings. The van der Waals surface area contributed by atoms with E-state index in [1.807, 2.05) is 48.5 Å². The van der Waals surface area contributed by atoms with Crippen molar-refractivity contribution in [3.05, 3.63) is 70.8 Å². The number of halogens is 1. The van der Waals surface area contributed by atoms with E-state index in [4.69, 9.17) is 4.74 Å². The van der Waals surface area contributed by atoms with E-state index in [2.05, 4.69) is 42.3 Å². The molecule has 0 radical (unpaired) electrons. The van der Waals surface area contributed by atoms with Crippen LogP contribution in [0.4, 0.5) is 5.69 Å². The van der Waals surface area contributed by atoms with Gasteiger partial charge in [-0.2, -0.15) is 0 Å². The van der Waals surface area contributed by atoms with Crippen LogP contribution in [0.25, 0.3) is 22.6 Å². The third-order valence-corrected chi connectivity index (χ3v) is 4.53. The highest BCUT2D eigenvalue weighted by molar-refractivity contribution is 9.10. The fourth-order valence-corrected chi connectivity index (χ4v) is 3.08. The van der Waals surface area contributed by atoms with Gasteiger partial charge in [-0.25, -0.2) is 9.97 Å². The predicted octanol–water partition coefficient (Wildman–Crippen LogP) is 5.01. The number of H-pyrrole nitrogens is 1. The maximum Gasteiger partial charge on any atom is 0.178 e. The molecule has 4 aromatic rings. The van der Waals surface area contributed by atoms with Crippen LogP contribution in [0.1, 0.15) is 5.56 Å². The molecule has 5 nitrogen and oxygen atoms in total. The molecule has 2 aromatic heterocycles. The number of rotatable bonds is 5. The Labute approximate surface area is 159 Å². The Morgan fingerprint density at radius 2 is 1.96 bits per heavy atom. The number of nitrogens with zero attached hydrogens (tertiary/aromatic N) is 2. The number of anilines is 1. The number of ether oxygens (including phenoxy) is 1. The lowest BCUT2D eigenvalue weighted by molar-refractivity contribution is 0.414. The molecule has 0 atom stereocenters. The lowest BCUT2D eigenvalue weighted by Crippen LogP contribution is -1.99. The van der Waals surface area contributed by atoms with Gasteiger partial charge in [0.2, 0.25) is 0 Å². The summed E-state index contributed by atoms with van der Waals surface area (Å²) in [7, 11) is 1.68. The van der Waals surface area contributed by atoms with Crippen molar-refractivity contribution in [2.45, 2.75) is 6.54 Å². The Bertz CT molecular complexity index is 1040. The number of pyridine rings is 1. The second kappa shape index (κ2) is 7.17. The van der Waals surface area contributed by atoms with Gasteiger partial charge in [0.1, 0.15) is 11.6 Å². The molecule has 4 rings (SSSR count). The van der Waals surface area contributed by atoms with Gasteiger partial charge in [0, 0.05) is 28.5 Å². The van der Waals surface area contributed by atoms with Gasteiger partial charge >= 0.3 is 0 Å². The van der Waals surface area contributed by atoms with E-state index in [9.17, 15) is 0 Å². The second-order valence-corrected chi connectivity index (χ2v) is 6.81. The third-order valence-electron chi connectivity index (χ3n) is 4.09. The minimum atomic E-state index is 0.712. The first-order valence-electron chi connectivity index (χ1n) is 8.20. The van der Waals surface area contributed by atoms with Crippen LogP contribution in [0.5, 0.6) is 5.75 Å². The molecule has 0 unspecified atom stereocenters. The molecule has 0 aliphatic heterocycles. The molecule has 0 saturated heterocycles. The Balaban J connectivity index is 1.48. The Morgan fingerprint density at radius 1 is 1.12 bits per heavy atom. The maximum absolute atomic E-state index is 5.26. The Hall–Kier alpha value is -2.86. The van der Waals surface area contributed by atoms with Crippen molar-refractivity contribution in [2.75, 3.05) is 12.4 Å². The molecule has 2 heterocycles. The van der Waals surface area contributed by atoms with Gasteiger partial charge in [0.15, 0.2) is 5.65 Å². The van der Waals surface area contributed by atoms with Crippen molar-refractivity contribution >= 4 is 32.8 Å². The fraction of sp³-hybridized carbons (Fsp3) is 0.100. The maximum atomic E-state index is 5.26. The molecular formula is C20H17BrN4O. The van der Waals surface area contributed by atoms with Crippen molar-refractivity contribution in [3.8, 4) is 17.1 Å². The van der Waals surface area contributed by atoms with E-state index in [1.54, 1.807) is 13.3 Å². The summed E-state index contributed by atoms with van der Waals surface area (Å²) in [4.78, 5) is 12.2. The monoisotopic (exact) mass is 408 g/mol.